The van der Waals surface area contributed by atoms with Gasteiger partial charge in [-0.1, -0.05) is 23.7 Å². The zero-order valence-corrected chi connectivity index (χ0v) is 15.4. The Bertz CT molecular complexity index is 1210. The minimum atomic E-state index is -0.469. The predicted octanol–water partition coefficient (Wildman–Crippen LogP) is 3.87. The third-order valence-electron chi connectivity index (χ3n) is 5.03. The highest BCUT2D eigenvalue weighted by Gasteiger charge is 2.27. The Kier molecular flexibility index (Phi) is 3.91. The van der Waals surface area contributed by atoms with Gasteiger partial charge in [0.05, 0.1) is 22.6 Å². The zero-order chi connectivity index (χ0) is 19.3. The number of carbonyl (C=O) groups excluding carboxylic acids is 1. The summed E-state index contributed by atoms with van der Waals surface area (Å²) in [6.45, 7) is 1.38. The summed E-state index contributed by atoms with van der Waals surface area (Å²) in [5, 5.41) is 9.88. The number of carbonyl (C=O) groups is 1. The van der Waals surface area contributed by atoms with Gasteiger partial charge in [-0.2, -0.15) is 0 Å². The third kappa shape index (κ3) is 2.66. The molecule has 3 heterocycles. The van der Waals surface area contributed by atoms with Crippen LogP contribution in [-0.4, -0.2) is 37.1 Å². The zero-order valence-electron chi connectivity index (χ0n) is 14.7. The Balaban J connectivity index is 1.47. The monoisotopic (exact) mass is 395 g/mol. The fourth-order valence-electron chi connectivity index (χ4n) is 3.63. The van der Waals surface area contributed by atoms with E-state index in [-0.39, 0.29) is 16.5 Å². The van der Waals surface area contributed by atoms with Crippen LogP contribution in [0.25, 0.3) is 22.3 Å². The number of hydrogen-bond acceptors (Lipinski definition) is 3. The normalized spacial score (nSPS) is 13.7. The molecule has 0 spiro atoms. The van der Waals surface area contributed by atoms with E-state index in [4.69, 9.17) is 11.6 Å². The number of H-pyrrole nitrogens is 1. The van der Waals surface area contributed by atoms with Gasteiger partial charge in [0.15, 0.2) is 11.6 Å². The van der Waals surface area contributed by atoms with Gasteiger partial charge in [0.2, 0.25) is 0 Å². The average Bonchev–Trinajstić information content (AvgIpc) is 3.33. The van der Waals surface area contributed by atoms with Crippen LogP contribution in [0, 0.1) is 5.82 Å². The van der Waals surface area contributed by atoms with Gasteiger partial charge in [0.25, 0.3) is 5.91 Å². The second-order valence-corrected chi connectivity index (χ2v) is 7.10. The highest BCUT2D eigenvalue weighted by Crippen LogP contribution is 2.29. The van der Waals surface area contributed by atoms with Gasteiger partial charge in [-0.3, -0.25) is 4.79 Å². The fourth-order valence-corrected chi connectivity index (χ4v) is 3.88. The smallest absolute Gasteiger partial charge is 0.255 e. The van der Waals surface area contributed by atoms with Gasteiger partial charge >= 0.3 is 0 Å². The van der Waals surface area contributed by atoms with E-state index in [1.165, 1.54) is 12.1 Å². The molecular weight excluding hydrogens is 381 g/mol. The number of fused-ring (bicyclic) bond motifs is 2. The molecule has 0 unspecified atom stereocenters. The van der Waals surface area contributed by atoms with Crippen LogP contribution in [-0.2, 0) is 13.1 Å². The lowest BCUT2D eigenvalue weighted by molar-refractivity contribution is 0.0708. The molecule has 0 fully saturated rings. The summed E-state index contributed by atoms with van der Waals surface area (Å²) in [5.74, 6) is 0.765. The number of halogens is 2. The summed E-state index contributed by atoms with van der Waals surface area (Å²) < 4.78 is 15.3. The molecule has 28 heavy (non-hydrogen) atoms. The maximum atomic E-state index is 13.3. The largest absolute Gasteiger partial charge is 0.361 e. The van der Waals surface area contributed by atoms with Gasteiger partial charge in [-0.15, -0.1) is 10.2 Å². The summed E-state index contributed by atoms with van der Waals surface area (Å²) in [6, 6.07) is 11.8. The van der Waals surface area contributed by atoms with Crippen molar-refractivity contribution in [2.45, 2.75) is 13.1 Å². The van der Waals surface area contributed by atoms with E-state index in [9.17, 15) is 9.18 Å². The van der Waals surface area contributed by atoms with Crippen LogP contribution >= 0.6 is 11.6 Å². The van der Waals surface area contributed by atoms with Crippen molar-refractivity contribution in [2.75, 3.05) is 6.54 Å². The van der Waals surface area contributed by atoms with Crippen molar-refractivity contribution in [1.82, 2.24) is 24.6 Å². The molecule has 0 aliphatic carbocycles. The lowest BCUT2D eigenvalue weighted by atomic mass is 10.1. The molecule has 4 aromatic rings. The number of rotatable bonds is 2. The molecule has 1 amide bonds. The van der Waals surface area contributed by atoms with Crippen molar-refractivity contribution in [1.29, 1.82) is 0 Å². The summed E-state index contributed by atoms with van der Waals surface area (Å²) >= 11 is 6.05. The van der Waals surface area contributed by atoms with Crippen molar-refractivity contribution in [3.8, 4) is 11.4 Å². The van der Waals surface area contributed by atoms with Crippen molar-refractivity contribution < 1.29 is 9.18 Å². The third-order valence-corrected chi connectivity index (χ3v) is 5.34. The molecule has 140 valence electrons. The van der Waals surface area contributed by atoms with Crippen molar-refractivity contribution >= 4 is 28.4 Å². The molecule has 2 aromatic heterocycles. The van der Waals surface area contributed by atoms with Gasteiger partial charge in [-0.05, 0) is 30.3 Å². The maximum Gasteiger partial charge on any atom is 0.255 e. The minimum Gasteiger partial charge on any atom is -0.361 e. The number of nitrogens with zero attached hydrogens (tertiary/aromatic N) is 4. The van der Waals surface area contributed by atoms with E-state index in [0.717, 1.165) is 28.4 Å². The molecule has 0 bridgehead atoms. The number of aromatic amines is 1. The van der Waals surface area contributed by atoms with Crippen LogP contribution in [0.1, 0.15) is 16.2 Å². The van der Waals surface area contributed by atoms with E-state index in [1.54, 1.807) is 4.90 Å². The molecule has 1 aliphatic rings. The Labute approximate surface area is 164 Å². The first-order valence-electron chi connectivity index (χ1n) is 8.85. The van der Waals surface area contributed by atoms with Crippen LogP contribution < -0.4 is 0 Å². The van der Waals surface area contributed by atoms with Crippen LogP contribution in [0.2, 0.25) is 5.02 Å². The van der Waals surface area contributed by atoms with Crippen LogP contribution in [0.4, 0.5) is 4.39 Å². The van der Waals surface area contributed by atoms with E-state index in [1.807, 2.05) is 35.0 Å². The number of para-hydroxylation sites is 1. The number of nitrogens with one attached hydrogen (secondary N) is 1. The molecule has 0 radical (unpaired) electrons. The summed E-state index contributed by atoms with van der Waals surface area (Å²) in [4.78, 5) is 17.7. The molecule has 0 saturated heterocycles. The Morgan fingerprint density at radius 1 is 1.14 bits per heavy atom. The molecule has 0 saturated carbocycles. The SMILES string of the molecule is O=C(c1ccc(F)cc1Cl)N1CCn2c(nnc2-c2cccc3cc[nH]c23)C1. The van der Waals surface area contributed by atoms with Gasteiger partial charge in [0.1, 0.15) is 5.82 Å². The van der Waals surface area contributed by atoms with Crippen LogP contribution in [0.3, 0.4) is 0 Å². The second kappa shape index (κ2) is 6.45. The van der Waals surface area contributed by atoms with E-state index in [2.05, 4.69) is 15.2 Å². The molecule has 1 N–H and O–H groups in total. The standard InChI is InChI=1S/C20H15ClFN5O/c21-16-10-13(22)4-5-14(16)20(28)26-8-9-27-17(11-26)24-25-19(27)15-3-1-2-12-6-7-23-18(12)15/h1-7,10,23H,8-9,11H2. The lowest BCUT2D eigenvalue weighted by Crippen LogP contribution is -2.38. The second-order valence-electron chi connectivity index (χ2n) is 6.69. The lowest BCUT2D eigenvalue weighted by Gasteiger charge is -2.28. The molecule has 0 atom stereocenters. The fraction of sp³-hybridized carbons (Fsp3) is 0.150. The van der Waals surface area contributed by atoms with Gasteiger partial charge in [-0.25, -0.2) is 4.39 Å². The van der Waals surface area contributed by atoms with Crippen molar-refractivity contribution in [2.24, 2.45) is 0 Å². The summed E-state index contributed by atoms with van der Waals surface area (Å²) in [6.07, 6.45) is 1.90. The number of benzene rings is 2. The molecule has 8 heteroatoms. The average molecular weight is 396 g/mol. The quantitative estimate of drug-likeness (QED) is 0.560. The van der Waals surface area contributed by atoms with E-state index < -0.39 is 5.82 Å². The number of amides is 1. The number of hydrogen-bond donors (Lipinski definition) is 1. The minimum absolute atomic E-state index is 0.108. The Morgan fingerprint density at radius 2 is 2.04 bits per heavy atom. The maximum absolute atomic E-state index is 13.3. The van der Waals surface area contributed by atoms with E-state index >= 15 is 0 Å². The number of aromatic nitrogens is 4. The van der Waals surface area contributed by atoms with Gasteiger partial charge < -0.3 is 14.5 Å². The molecule has 5 rings (SSSR count). The summed E-state index contributed by atoms with van der Waals surface area (Å²) in [5.41, 5.74) is 2.27. The Hall–Kier alpha value is -3.19. The molecular formula is C20H15ClFN5O. The van der Waals surface area contributed by atoms with Crippen LogP contribution in [0.5, 0.6) is 0 Å². The highest BCUT2D eigenvalue weighted by atomic mass is 35.5. The molecule has 2 aromatic carbocycles. The van der Waals surface area contributed by atoms with E-state index in [0.29, 0.717) is 25.5 Å². The molecule has 1 aliphatic heterocycles. The van der Waals surface area contributed by atoms with Crippen LogP contribution in [0.15, 0.2) is 48.7 Å². The van der Waals surface area contributed by atoms with Crippen molar-refractivity contribution in [3.63, 3.8) is 0 Å². The first kappa shape index (κ1) is 16.9. The first-order chi connectivity index (χ1) is 13.6. The molecule has 6 nitrogen and oxygen atoms in total. The van der Waals surface area contributed by atoms with Crippen molar-refractivity contribution in [3.05, 3.63) is 70.9 Å². The topological polar surface area (TPSA) is 66.8 Å². The van der Waals surface area contributed by atoms with Gasteiger partial charge in [0, 0.05) is 30.2 Å². The first-order valence-corrected chi connectivity index (χ1v) is 9.22. The summed E-state index contributed by atoms with van der Waals surface area (Å²) in [7, 11) is 0. The predicted molar refractivity (Wildman–Crippen MR) is 103 cm³/mol. The highest BCUT2D eigenvalue weighted by molar-refractivity contribution is 6.33. The Morgan fingerprint density at radius 3 is 2.89 bits per heavy atom.